The quantitative estimate of drug-likeness (QED) is 0.712. The first-order valence-electron chi connectivity index (χ1n) is 6.61. The third kappa shape index (κ3) is 2.81. The molecule has 0 bridgehead atoms. The zero-order valence-corrected chi connectivity index (χ0v) is 11.2. The number of aliphatic hydroxyl groups is 1. The van der Waals surface area contributed by atoms with E-state index in [1.807, 2.05) is 11.9 Å². The summed E-state index contributed by atoms with van der Waals surface area (Å²) in [6.07, 6.45) is 3.64. The van der Waals surface area contributed by atoms with E-state index in [0.29, 0.717) is 11.3 Å². The average molecular weight is 263 g/mol. The molecule has 2 atom stereocenters. The minimum atomic E-state index is -0.487. The average Bonchev–Trinajstić information content (AvgIpc) is 2.38. The maximum Gasteiger partial charge on any atom is 0.248 e. The SMILES string of the molecule is CN(c1ccc(C(N)=O)cc1N)C1CCCCC1O. The van der Waals surface area contributed by atoms with Gasteiger partial charge in [-0.25, -0.2) is 0 Å². The van der Waals surface area contributed by atoms with Gasteiger partial charge in [0.05, 0.1) is 23.5 Å². The Kier molecular flexibility index (Phi) is 3.95. The number of primary amides is 1. The van der Waals surface area contributed by atoms with Gasteiger partial charge in [0.15, 0.2) is 0 Å². The van der Waals surface area contributed by atoms with E-state index in [9.17, 15) is 9.90 Å². The number of rotatable bonds is 3. The smallest absolute Gasteiger partial charge is 0.248 e. The number of carbonyl (C=O) groups is 1. The number of nitrogen functional groups attached to an aromatic ring is 1. The van der Waals surface area contributed by atoms with Crippen molar-refractivity contribution in [1.82, 2.24) is 0 Å². The zero-order valence-electron chi connectivity index (χ0n) is 11.2. The lowest BCUT2D eigenvalue weighted by molar-refractivity contribution is 0.0999. The molecule has 5 nitrogen and oxygen atoms in total. The van der Waals surface area contributed by atoms with Gasteiger partial charge in [0.1, 0.15) is 0 Å². The van der Waals surface area contributed by atoms with Crippen LogP contribution in [0.1, 0.15) is 36.0 Å². The molecule has 2 rings (SSSR count). The van der Waals surface area contributed by atoms with Crippen LogP contribution >= 0.6 is 0 Å². The van der Waals surface area contributed by atoms with E-state index in [2.05, 4.69) is 0 Å². The van der Waals surface area contributed by atoms with Gasteiger partial charge >= 0.3 is 0 Å². The molecular weight excluding hydrogens is 242 g/mol. The fourth-order valence-corrected chi connectivity index (χ4v) is 2.75. The van der Waals surface area contributed by atoms with Crippen molar-refractivity contribution in [2.24, 2.45) is 5.73 Å². The maximum absolute atomic E-state index is 11.1. The summed E-state index contributed by atoms with van der Waals surface area (Å²) in [6, 6.07) is 5.12. The van der Waals surface area contributed by atoms with Crippen LogP contribution in [0.2, 0.25) is 0 Å². The predicted octanol–water partition coefficient (Wildman–Crippen LogP) is 1.11. The summed E-state index contributed by atoms with van der Waals surface area (Å²) in [6.45, 7) is 0. The summed E-state index contributed by atoms with van der Waals surface area (Å²) in [7, 11) is 1.93. The van der Waals surface area contributed by atoms with Crippen LogP contribution in [-0.2, 0) is 0 Å². The van der Waals surface area contributed by atoms with Gasteiger partial charge in [0.25, 0.3) is 0 Å². The van der Waals surface area contributed by atoms with Gasteiger partial charge < -0.3 is 21.5 Å². The normalized spacial score (nSPS) is 23.1. The first kappa shape index (κ1) is 13.7. The lowest BCUT2D eigenvalue weighted by Gasteiger charge is -2.37. The molecule has 19 heavy (non-hydrogen) atoms. The fourth-order valence-electron chi connectivity index (χ4n) is 2.75. The van der Waals surface area contributed by atoms with Crippen LogP contribution < -0.4 is 16.4 Å². The minimum Gasteiger partial charge on any atom is -0.397 e. The number of amides is 1. The molecule has 0 spiro atoms. The highest BCUT2D eigenvalue weighted by Crippen LogP contribution is 2.30. The number of anilines is 2. The van der Waals surface area contributed by atoms with Crippen LogP contribution in [0.4, 0.5) is 11.4 Å². The number of nitrogens with zero attached hydrogens (tertiary/aromatic N) is 1. The second kappa shape index (κ2) is 5.48. The Morgan fingerprint density at radius 3 is 2.63 bits per heavy atom. The number of hydrogen-bond donors (Lipinski definition) is 3. The van der Waals surface area contributed by atoms with Crippen LogP contribution in [-0.4, -0.2) is 30.2 Å². The Morgan fingerprint density at radius 1 is 1.37 bits per heavy atom. The van der Waals surface area contributed by atoms with Crippen LogP contribution in [0.15, 0.2) is 18.2 Å². The third-order valence-corrected chi connectivity index (χ3v) is 3.88. The minimum absolute atomic E-state index is 0.0791. The molecule has 1 fully saturated rings. The molecular formula is C14H21N3O2. The van der Waals surface area contributed by atoms with E-state index < -0.39 is 5.91 Å². The molecule has 5 heteroatoms. The second-order valence-electron chi connectivity index (χ2n) is 5.17. The molecule has 0 heterocycles. The van der Waals surface area contributed by atoms with Gasteiger partial charge in [-0.05, 0) is 31.0 Å². The molecule has 2 unspecified atom stereocenters. The zero-order chi connectivity index (χ0) is 14.0. The van der Waals surface area contributed by atoms with E-state index in [4.69, 9.17) is 11.5 Å². The maximum atomic E-state index is 11.1. The summed E-state index contributed by atoms with van der Waals surface area (Å²) in [5, 5.41) is 10.1. The van der Waals surface area contributed by atoms with Crippen LogP contribution in [0.25, 0.3) is 0 Å². The van der Waals surface area contributed by atoms with Crippen LogP contribution in [0.3, 0.4) is 0 Å². The topological polar surface area (TPSA) is 92.6 Å². The fraction of sp³-hybridized carbons (Fsp3) is 0.500. The van der Waals surface area contributed by atoms with Crippen molar-refractivity contribution in [3.63, 3.8) is 0 Å². The van der Waals surface area contributed by atoms with E-state index in [1.165, 1.54) is 0 Å². The Bertz CT molecular complexity index is 476. The molecule has 1 aromatic rings. The third-order valence-electron chi connectivity index (χ3n) is 3.88. The second-order valence-corrected chi connectivity index (χ2v) is 5.17. The lowest BCUT2D eigenvalue weighted by atomic mass is 9.91. The Morgan fingerprint density at radius 2 is 2.05 bits per heavy atom. The Hall–Kier alpha value is -1.75. The molecule has 1 saturated carbocycles. The van der Waals surface area contributed by atoms with E-state index >= 15 is 0 Å². The molecule has 0 radical (unpaired) electrons. The first-order chi connectivity index (χ1) is 9.00. The van der Waals surface area contributed by atoms with Crippen molar-refractivity contribution in [2.45, 2.75) is 37.8 Å². The largest absolute Gasteiger partial charge is 0.397 e. The molecule has 1 amide bonds. The summed E-state index contributed by atoms with van der Waals surface area (Å²) >= 11 is 0. The van der Waals surface area contributed by atoms with Crippen LogP contribution in [0, 0.1) is 0 Å². The number of aliphatic hydroxyl groups excluding tert-OH is 1. The molecule has 0 saturated heterocycles. The predicted molar refractivity (Wildman–Crippen MR) is 76.0 cm³/mol. The Labute approximate surface area is 113 Å². The van der Waals surface area contributed by atoms with Crippen molar-refractivity contribution in [3.05, 3.63) is 23.8 Å². The van der Waals surface area contributed by atoms with Crippen molar-refractivity contribution in [2.75, 3.05) is 17.7 Å². The molecule has 0 aromatic heterocycles. The summed E-state index contributed by atoms with van der Waals surface area (Å²) < 4.78 is 0. The number of hydrogen-bond acceptors (Lipinski definition) is 4. The van der Waals surface area contributed by atoms with Gasteiger partial charge in [0, 0.05) is 12.6 Å². The van der Waals surface area contributed by atoms with Gasteiger partial charge in [-0.15, -0.1) is 0 Å². The first-order valence-corrected chi connectivity index (χ1v) is 6.61. The van der Waals surface area contributed by atoms with E-state index in [-0.39, 0.29) is 12.1 Å². The van der Waals surface area contributed by atoms with Gasteiger partial charge in [-0.3, -0.25) is 4.79 Å². The van der Waals surface area contributed by atoms with E-state index in [0.717, 1.165) is 31.4 Å². The van der Waals surface area contributed by atoms with Gasteiger partial charge in [0.2, 0.25) is 5.91 Å². The van der Waals surface area contributed by atoms with Crippen molar-refractivity contribution < 1.29 is 9.90 Å². The molecule has 1 aliphatic rings. The number of carbonyl (C=O) groups excluding carboxylic acids is 1. The molecule has 0 aliphatic heterocycles. The standard InChI is InChI=1S/C14H21N3O2/c1-17(12-4-2-3-5-13(12)18)11-7-6-9(14(16)19)8-10(11)15/h6-8,12-13,18H,2-5,15H2,1H3,(H2,16,19). The van der Waals surface area contributed by atoms with Gasteiger partial charge in [-0.1, -0.05) is 12.8 Å². The molecule has 1 aliphatic carbocycles. The van der Waals surface area contributed by atoms with Gasteiger partial charge in [-0.2, -0.15) is 0 Å². The van der Waals surface area contributed by atoms with E-state index in [1.54, 1.807) is 18.2 Å². The summed E-state index contributed by atoms with van der Waals surface area (Å²) in [5.74, 6) is -0.487. The highest BCUT2D eigenvalue weighted by molar-refractivity contribution is 5.94. The molecule has 104 valence electrons. The molecule has 1 aromatic carbocycles. The number of benzene rings is 1. The lowest BCUT2D eigenvalue weighted by Crippen LogP contribution is -2.43. The summed E-state index contributed by atoms with van der Waals surface area (Å²) in [4.78, 5) is 13.1. The Balaban J connectivity index is 2.23. The van der Waals surface area contributed by atoms with Crippen molar-refractivity contribution in [3.8, 4) is 0 Å². The van der Waals surface area contributed by atoms with Crippen molar-refractivity contribution >= 4 is 17.3 Å². The molecule has 5 N–H and O–H groups in total. The summed E-state index contributed by atoms with van der Waals surface area (Å²) in [5.41, 5.74) is 12.9. The number of likely N-dealkylation sites (N-methyl/N-ethyl adjacent to an activating group) is 1. The highest BCUT2D eigenvalue weighted by atomic mass is 16.3. The monoisotopic (exact) mass is 263 g/mol. The number of nitrogens with two attached hydrogens (primary N) is 2. The van der Waals surface area contributed by atoms with Crippen LogP contribution in [0.5, 0.6) is 0 Å². The van der Waals surface area contributed by atoms with Crippen molar-refractivity contribution in [1.29, 1.82) is 0 Å². The highest BCUT2D eigenvalue weighted by Gasteiger charge is 2.27.